The molecule has 1 N–H and O–H groups in total. The van der Waals surface area contributed by atoms with Crippen molar-refractivity contribution in [2.75, 3.05) is 26.9 Å². The number of nitrogens with one attached hydrogen (secondary N) is 1. The highest BCUT2D eigenvalue weighted by atomic mass is 79.9. The summed E-state index contributed by atoms with van der Waals surface area (Å²) < 4.78 is 22.3. The van der Waals surface area contributed by atoms with E-state index >= 15 is 0 Å². The topological polar surface area (TPSA) is 117 Å². The lowest BCUT2D eigenvalue weighted by Gasteiger charge is -2.26. The zero-order chi connectivity index (χ0) is 24.2. The normalized spacial score (nSPS) is 22.2. The van der Waals surface area contributed by atoms with Gasteiger partial charge in [-0.05, 0) is 18.1 Å². The Morgan fingerprint density at radius 1 is 1.09 bits per heavy atom. The number of carbonyl (C=O) groups excluding carboxylic acids is 4. The maximum absolute atomic E-state index is 13.4. The van der Waals surface area contributed by atoms with E-state index in [0.717, 1.165) is 4.47 Å². The predicted octanol–water partition coefficient (Wildman–Crippen LogP) is 2.89. The van der Waals surface area contributed by atoms with Gasteiger partial charge in [0.1, 0.15) is 0 Å². The number of carbonyl (C=O) groups is 4. The van der Waals surface area contributed by atoms with E-state index in [1.165, 1.54) is 7.11 Å². The zero-order valence-corrected chi connectivity index (χ0v) is 20.4. The molecule has 9 nitrogen and oxygen atoms in total. The molecule has 0 radical (unpaired) electrons. The fourth-order valence-electron chi connectivity index (χ4n) is 4.26. The molecule has 0 aromatic heterocycles. The highest BCUT2D eigenvalue weighted by Crippen LogP contribution is 2.46. The standard InChI is InChI=1S/C23H28BrNO8/c1-13(2)19(25-22(29)30-3)20(27)16-10-23(32-8-9-33-23)11-17(16)21(28)31-12-18(26)14-4-6-15(24)7-5-14/h4-7,13,16-17,19H,8-12H2,1-3H3,(H,25,29)/t16?,17-,19+/m1/s1. The molecule has 3 rings (SSSR count). The van der Waals surface area contributed by atoms with Gasteiger partial charge in [0.25, 0.3) is 0 Å². The lowest BCUT2D eigenvalue weighted by molar-refractivity contribution is -0.162. The molecule has 2 fully saturated rings. The van der Waals surface area contributed by atoms with Crippen molar-refractivity contribution in [3.05, 3.63) is 34.3 Å². The first-order valence-electron chi connectivity index (χ1n) is 10.8. The second-order valence-electron chi connectivity index (χ2n) is 8.53. The van der Waals surface area contributed by atoms with E-state index in [0.29, 0.717) is 18.8 Å². The van der Waals surface area contributed by atoms with E-state index in [4.69, 9.17) is 14.2 Å². The summed E-state index contributed by atoms with van der Waals surface area (Å²) in [6.45, 7) is 3.85. The van der Waals surface area contributed by atoms with Crippen LogP contribution in [0.1, 0.15) is 37.0 Å². The summed E-state index contributed by atoms with van der Waals surface area (Å²) in [5, 5.41) is 2.56. The van der Waals surface area contributed by atoms with Crippen LogP contribution in [0, 0.1) is 17.8 Å². The quantitative estimate of drug-likeness (QED) is 0.406. The fourth-order valence-corrected chi connectivity index (χ4v) is 4.53. The van der Waals surface area contributed by atoms with Crippen LogP contribution < -0.4 is 5.32 Å². The molecule has 1 saturated heterocycles. The number of esters is 1. The number of ether oxygens (including phenoxy) is 4. The molecule has 3 atom stereocenters. The third-order valence-electron chi connectivity index (χ3n) is 5.97. The number of benzene rings is 1. The number of methoxy groups -OCH3 is 1. The first kappa shape index (κ1) is 25.3. The van der Waals surface area contributed by atoms with Crippen LogP contribution in [0.25, 0.3) is 0 Å². The summed E-state index contributed by atoms with van der Waals surface area (Å²) in [5.41, 5.74) is 0.408. The van der Waals surface area contributed by atoms with Gasteiger partial charge in [-0.3, -0.25) is 14.4 Å². The van der Waals surface area contributed by atoms with E-state index in [1.54, 1.807) is 38.1 Å². The molecule has 1 aromatic rings. The Kier molecular flexibility index (Phi) is 8.25. The van der Waals surface area contributed by atoms with Crippen molar-refractivity contribution >= 4 is 39.6 Å². The largest absolute Gasteiger partial charge is 0.457 e. The van der Waals surface area contributed by atoms with Crippen LogP contribution in [-0.4, -0.2) is 62.4 Å². The molecule has 10 heteroatoms. The van der Waals surface area contributed by atoms with Gasteiger partial charge in [-0.2, -0.15) is 0 Å². The Balaban J connectivity index is 1.74. The number of ketones is 2. The summed E-state index contributed by atoms with van der Waals surface area (Å²) in [5.74, 6) is -4.31. The molecular weight excluding hydrogens is 498 g/mol. The zero-order valence-electron chi connectivity index (χ0n) is 18.8. The lowest BCUT2D eigenvalue weighted by Crippen LogP contribution is -2.48. The molecule has 2 aliphatic rings. The maximum atomic E-state index is 13.4. The minimum Gasteiger partial charge on any atom is -0.457 e. The Bertz CT molecular complexity index is 894. The Morgan fingerprint density at radius 3 is 2.27 bits per heavy atom. The van der Waals surface area contributed by atoms with Crippen molar-refractivity contribution in [3.63, 3.8) is 0 Å². The average Bonchev–Trinajstić information content (AvgIpc) is 3.42. The van der Waals surface area contributed by atoms with Gasteiger partial charge >= 0.3 is 12.1 Å². The van der Waals surface area contributed by atoms with E-state index in [2.05, 4.69) is 26.0 Å². The van der Waals surface area contributed by atoms with Crippen LogP contribution in [-0.2, 0) is 28.5 Å². The van der Waals surface area contributed by atoms with Gasteiger partial charge in [-0.15, -0.1) is 0 Å². The van der Waals surface area contributed by atoms with Gasteiger partial charge in [0.15, 0.2) is 24.0 Å². The van der Waals surface area contributed by atoms with Crippen molar-refractivity contribution in [1.29, 1.82) is 0 Å². The summed E-state index contributed by atoms with van der Waals surface area (Å²) in [6, 6.07) is 5.84. The molecule has 1 aliphatic carbocycles. The highest BCUT2D eigenvalue weighted by molar-refractivity contribution is 9.10. The van der Waals surface area contributed by atoms with Crippen molar-refractivity contribution in [1.82, 2.24) is 5.32 Å². The van der Waals surface area contributed by atoms with Crippen LogP contribution in [0.2, 0.25) is 0 Å². The van der Waals surface area contributed by atoms with Crippen molar-refractivity contribution < 1.29 is 38.1 Å². The van der Waals surface area contributed by atoms with Crippen molar-refractivity contribution in [2.24, 2.45) is 17.8 Å². The highest BCUT2D eigenvalue weighted by Gasteiger charge is 2.56. The SMILES string of the molecule is COC(=O)N[C@H](C(=O)C1CC2(C[C@H]1C(=O)OCC(=O)c1ccc(Br)cc1)OCCO2)C(C)C. The Hall–Kier alpha value is -2.30. The fraction of sp³-hybridized carbons (Fsp3) is 0.565. The van der Waals surface area contributed by atoms with Gasteiger partial charge in [0.05, 0.1) is 32.3 Å². The molecule has 0 bridgehead atoms. The number of hydrogen-bond donors (Lipinski definition) is 1. The number of Topliss-reactive ketones (excluding diaryl/α,β-unsaturated/α-hetero) is 2. The third-order valence-corrected chi connectivity index (χ3v) is 6.50. The molecule has 1 heterocycles. The van der Waals surface area contributed by atoms with Gasteiger partial charge in [0, 0.05) is 28.8 Å². The predicted molar refractivity (Wildman–Crippen MR) is 119 cm³/mol. The summed E-state index contributed by atoms with van der Waals surface area (Å²) in [7, 11) is 1.21. The van der Waals surface area contributed by atoms with E-state index in [9.17, 15) is 19.2 Å². The Morgan fingerprint density at radius 2 is 1.70 bits per heavy atom. The van der Waals surface area contributed by atoms with E-state index in [-0.39, 0.29) is 30.3 Å². The molecule has 1 amide bonds. The minimum atomic E-state index is -1.05. The first-order valence-corrected chi connectivity index (χ1v) is 11.6. The number of halogens is 1. The van der Waals surface area contributed by atoms with Crippen molar-refractivity contribution in [3.8, 4) is 0 Å². The average molecular weight is 526 g/mol. The monoisotopic (exact) mass is 525 g/mol. The van der Waals surface area contributed by atoms with Crippen molar-refractivity contribution in [2.45, 2.75) is 38.5 Å². The van der Waals surface area contributed by atoms with Crippen LogP contribution >= 0.6 is 15.9 Å². The number of amides is 1. The molecule has 1 unspecified atom stereocenters. The molecule has 1 aromatic carbocycles. The first-order chi connectivity index (χ1) is 15.7. The molecule has 33 heavy (non-hydrogen) atoms. The number of hydrogen-bond acceptors (Lipinski definition) is 8. The van der Waals surface area contributed by atoms with Crippen LogP contribution in [0.5, 0.6) is 0 Å². The maximum Gasteiger partial charge on any atom is 0.407 e. The second kappa shape index (κ2) is 10.8. The summed E-state index contributed by atoms with van der Waals surface area (Å²) >= 11 is 3.31. The molecule has 180 valence electrons. The van der Waals surface area contributed by atoms with Gasteiger partial charge in [-0.25, -0.2) is 4.79 Å². The van der Waals surface area contributed by atoms with E-state index in [1.807, 2.05) is 0 Å². The van der Waals surface area contributed by atoms with E-state index < -0.39 is 42.3 Å². The molecule has 1 saturated carbocycles. The summed E-state index contributed by atoms with van der Waals surface area (Å²) in [4.78, 5) is 50.6. The number of rotatable bonds is 8. The lowest BCUT2D eigenvalue weighted by atomic mass is 9.84. The smallest absolute Gasteiger partial charge is 0.407 e. The third kappa shape index (κ3) is 5.99. The minimum absolute atomic E-state index is 0.137. The van der Waals surface area contributed by atoms with Crippen LogP contribution in [0.3, 0.4) is 0 Å². The molecule has 1 spiro atoms. The van der Waals surface area contributed by atoms with Crippen LogP contribution in [0.15, 0.2) is 28.7 Å². The summed E-state index contributed by atoms with van der Waals surface area (Å²) in [6.07, 6.45) is -0.432. The van der Waals surface area contributed by atoms with Gasteiger partial charge < -0.3 is 24.3 Å². The van der Waals surface area contributed by atoms with Gasteiger partial charge in [0.2, 0.25) is 0 Å². The molecule has 1 aliphatic heterocycles. The van der Waals surface area contributed by atoms with Crippen LogP contribution in [0.4, 0.5) is 4.79 Å². The second-order valence-corrected chi connectivity index (χ2v) is 9.44. The van der Waals surface area contributed by atoms with Gasteiger partial charge in [-0.1, -0.05) is 41.9 Å². The molecular formula is C23H28BrNO8. The Labute approximate surface area is 200 Å². The number of alkyl carbamates (subject to hydrolysis) is 1.